The van der Waals surface area contributed by atoms with Crippen LogP contribution in [0, 0.1) is 0 Å². The maximum Gasteiger partial charge on any atom is 0.330 e. The Labute approximate surface area is 167 Å². The van der Waals surface area contributed by atoms with E-state index in [-0.39, 0.29) is 12.0 Å². The zero-order valence-electron chi connectivity index (χ0n) is 17.1. The number of hydrogen-bond acceptors (Lipinski definition) is 8. The summed E-state index contributed by atoms with van der Waals surface area (Å²) < 4.78 is 10.8. The summed E-state index contributed by atoms with van der Waals surface area (Å²) in [5, 5.41) is 3.22. The third-order valence-corrected chi connectivity index (χ3v) is 4.44. The third kappa shape index (κ3) is 7.56. The summed E-state index contributed by atoms with van der Waals surface area (Å²) >= 11 is 0. The highest BCUT2D eigenvalue weighted by atomic mass is 16.5. The van der Waals surface area contributed by atoms with E-state index in [0.29, 0.717) is 17.4 Å². The highest BCUT2D eigenvalue weighted by Crippen LogP contribution is 2.21. The average molecular weight is 389 g/mol. The van der Waals surface area contributed by atoms with Crippen molar-refractivity contribution in [3.05, 3.63) is 24.3 Å². The van der Waals surface area contributed by atoms with Crippen molar-refractivity contribution in [3.63, 3.8) is 0 Å². The minimum atomic E-state index is 0.179. The van der Waals surface area contributed by atoms with E-state index in [1.54, 1.807) is 24.3 Å². The van der Waals surface area contributed by atoms with Crippen LogP contribution >= 0.6 is 0 Å². The van der Waals surface area contributed by atoms with Gasteiger partial charge in [-0.25, -0.2) is 0 Å². The van der Waals surface area contributed by atoms with Gasteiger partial charge in [0, 0.05) is 12.2 Å². The summed E-state index contributed by atoms with van der Waals surface area (Å²) in [6.45, 7) is 8.64. The van der Waals surface area contributed by atoms with Crippen LogP contribution in [-0.4, -0.2) is 53.1 Å². The first-order valence-electron chi connectivity index (χ1n) is 9.94. The molecule has 0 bridgehead atoms. The van der Waals surface area contributed by atoms with E-state index < -0.39 is 0 Å². The lowest BCUT2D eigenvalue weighted by atomic mass is 10.2. The molecule has 3 N–H and O–H groups in total. The number of unbranched alkanes of at least 4 members (excludes halogenated alkanes) is 3. The normalized spacial score (nSPS) is 10.9. The van der Waals surface area contributed by atoms with Crippen molar-refractivity contribution in [3.8, 4) is 17.8 Å². The molecule has 28 heavy (non-hydrogen) atoms. The van der Waals surface area contributed by atoms with E-state index in [4.69, 9.17) is 15.2 Å². The van der Waals surface area contributed by atoms with Crippen LogP contribution in [0.2, 0.25) is 0 Å². The van der Waals surface area contributed by atoms with Gasteiger partial charge in [0.2, 0.25) is 5.95 Å². The van der Waals surface area contributed by atoms with Crippen molar-refractivity contribution in [2.45, 2.75) is 39.5 Å². The maximum absolute atomic E-state index is 5.69. The lowest BCUT2D eigenvalue weighted by Gasteiger charge is -2.17. The number of nitrogen functional groups attached to an aromatic ring is 1. The van der Waals surface area contributed by atoms with Crippen molar-refractivity contribution in [1.82, 2.24) is 19.9 Å². The molecule has 0 unspecified atom stereocenters. The molecule has 1 heterocycles. The first-order valence-corrected chi connectivity index (χ1v) is 9.94. The number of rotatable bonds is 13. The molecule has 1 aromatic heterocycles. The van der Waals surface area contributed by atoms with Gasteiger partial charge in [0.05, 0.1) is 7.11 Å². The van der Waals surface area contributed by atoms with E-state index in [9.17, 15) is 0 Å². The molecule has 0 spiro atoms. The second-order valence-electron chi connectivity index (χ2n) is 6.47. The maximum atomic E-state index is 5.69. The molecular formula is C20H32N6O2. The Morgan fingerprint density at radius 2 is 1.61 bits per heavy atom. The first-order chi connectivity index (χ1) is 13.6. The molecule has 0 amide bonds. The van der Waals surface area contributed by atoms with Crippen LogP contribution in [0.3, 0.4) is 0 Å². The van der Waals surface area contributed by atoms with Gasteiger partial charge in [-0.05, 0) is 56.7 Å². The highest BCUT2D eigenvalue weighted by Gasteiger charge is 2.09. The topological polar surface area (TPSA) is 98.4 Å². The van der Waals surface area contributed by atoms with Crippen LogP contribution in [-0.2, 0) is 0 Å². The van der Waals surface area contributed by atoms with Gasteiger partial charge in [0.25, 0.3) is 0 Å². The number of aromatic nitrogens is 3. The fraction of sp³-hybridized carbons (Fsp3) is 0.550. The number of methoxy groups -OCH3 is 1. The molecule has 0 fully saturated rings. The average Bonchev–Trinajstić information content (AvgIpc) is 2.71. The van der Waals surface area contributed by atoms with Crippen molar-refractivity contribution >= 4 is 11.6 Å². The second-order valence-corrected chi connectivity index (χ2v) is 6.47. The van der Waals surface area contributed by atoms with Crippen LogP contribution in [0.25, 0.3) is 0 Å². The number of nitrogens with two attached hydrogens (primary N) is 1. The van der Waals surface area contributed by atoms with Gasteiger partial charge in [-0.3, -0.25) is 0 Å². The summed E-state index contributed by atoms with van der Waals surface area (Å²) in [5.41, 5.74) is 6.35. The Morgan fingerprint density at radius 3 is 2.29 bits per heavy atom. The minimum Gasteiger partial charge on any atom is -0.467 e. The van der Waals surface area contributed by atoms with Crippen molar-refractivity contribution in [1.29, 1.82) is 0 Å². The summed E-state index contributed by atoms with van der Waals surface area (Å²) in [4.78, 5) is 15.1. The summed E-state index contributed by atoms with van der Waals surface area (Å²) in [6, 6.07) is 7.43. The Kier molecular flexibility index (Phi) is 9.27. The molecule has 0 saturated carbocycles. The number of hydrogen-bond donors (Lipinski definition) is 2. The van der Waals surface area contributed by atoms with E-state index in [2.05, 4.69) is 39.0 Å². The predicted octanol–water partition coefficient (Wildman–Crippen LogP) is 3.57. The van der Waals surface area contributed by atoms with E-state index in [0.717, 1.165) is 26.1 Å². The molecule has 2 rings (SSSR count). The molecule has 0 aliphatic rings. The number of anilines is 2. The number of ether oxygens (including phenoxy) is 2. The monoisotopic (exact) mass is 388 g/mol. The largest absolute Gasteiger partial charge is 0.467 e. The van der Waals surface area contributed by atoms with Gasteiger partial charge in [0.1, 0.15) is 5.75 Å². The van der Waals surface area contributed by atoms with Crippen molar-refractivity contribution in [2.75, 3.05) is 44.3 Å². The van der Waals surface area contributed by atoms with Crippen LogP contribution in [0.4, 0.5) is 11.6 Å². The van der Waals surface area contributed by atoms with Crippen LogP contribution in [0.1, 0.15) is 39.5 Å². The van der Waals surface area contributed by atoms with Crippen molar-refractivity contribution in [2.24, 2.45) is 0 Å². The minimum absolute atomic E-state index is 0.179. The summed E-state index contributed by atoms with van der Waals surface area (Å²) in [6.07, 6.45) is 4.69. The van der Waals surface area contributed by atoms with Gasteiger partial charge < -0.3 is 25.4 Å². The highest BCUT2D eigenvalue weighted by molar-refractivity contribution is 5.42. The van der Waals surface area contributed by atoms with E-state index in [1.165, 1.54) is 32.9 Å². The number of benzene rings is 1. The van der Waals surface area contributed by atoms with E-state index in [1.807, 2.05) is 0 Å². The summed E-state index contributed by atoms with van der Waals surface area (Å²) in [7, 11) is 1.52. The molecule has 0 aliphatic heterocycles. The zero-order valence-corrected chi connectivity index (χ0v) is 17.1. The van der Waals surface area contributed by atoms with Crippen LogP contribution in [0.5, 0.6) is 17.8 Å². The molecular weight excluding hydrogens is 356 g/mol. The van der Waals surface area contributed by atoms with Crippen LogP contribution < -0.4 is 20.5 Å². The fourth-order valence-corrected chi connectivity index (χ4v) is 2.75. The van der Waals surface area contributed by atoms with E-state index >= 15 is 0 Å². The number of nitrogens with zero attached hydrogens (tertiary/aromatic N) is 4. The molecule has 154 valence electrons. The standard InChI is InChI=1S/C20H32N6O2/c1-4-26(5-2)15-9-7-6-8-14-22-18-23-19(27-3)25-20(24-18)28-17-12-10-16(21)11-13-17/h10-13H,4-9,14-15,21H2,1-3H3,(H,22,23,24,25). The molecule has 8 heteroatoms. The lowest BCUT2D eigenvalue weighted by molar-refractivity contribution is 0.295. The SMILES string of the molecule is CCN(CC)CCCCCCNc1nc(OC)nc(Oc2ccc(N)cc2)n1. The van der Waals surface area contributed by atoms with Gasteiger partial charge in [-0.2, -0.15) is 9.97 Å². The Morgan fingerprint density at radius 1 is 0.929 bits per heavy atom. The Bertz CT molecular complexity index is 692. The van der Waals surface area contributed by atoms with Gasteiger partial charge in [0.15, 0.2) is 0 Å². The third-order valence-electron chi connectivity index (χ3n) is 4.44. The second kappa shape index (κ2) is 12.0. The quantitative estimate of drug-likeness (QED) is 0.397. The molecule has 0 atom stereocenters. The Balaban J connectivity index is 1.78. The molecule has 0 radical (unpaired) electrons. The van der Waals surface area contributed by atoms with Gasteiger partial charge >= 0.3 is 12.0 Å². The molecule has 0 aliphatic carbocycles. The summed E-state index contributed by atoms with van der Waals surface area (Å²) in [5.74, 6) is 1.04. The van der Waals surface area contributed by atoms with Crippen molar-refractivity contribution < 1.29 is 9.47 Å². The predicted molar refractivity (Wildman–Crippen MR) is 112 cm³/mol. The van der Waals surface area contributed by atoms with Gasteiger partial charge in [-0.1, -0.05) is 26.7 Å². The zero-order chi connectivity index (χ0) is 20.2. The molecule has 2 aromatic rings. The Hall–Kier alpha value is -2.61. The fourth-order valence-electron chi connectivity index (χ4n) is 2.75. The molecule has 1 aromatic carbocycles. The number of nitrogens with one attached hydrogen (secondary N) is 1. The molecule has 8 nitrogen and oxygen atoms in total. The van der Waals surface area contributed by atoms with Crippen LogP contribution in [0.15, 0.2) is 24.3 Å². The first kappa shape index (κ1) is 21.7. The molecule has 0 saturated heterocycles. The smallest absolute Gasteiger partial charge is 0.330 e. The van der Waals surface area contributed by atoms with Gasteiger partial charge in [-0.15, -0.1) is 4.98 Å². The lowest BCUT2D eigenvalue weighted by Crippen LogP contribution is -2.23.